The first-order valence-corrected chi connectivity index (χ1v) is 7.40. The second-order valence-electron chi connectivity index (χ2n) is 4.80. The molecule has 2 aromatic rings. The van der Waals surface area contributed by atoms with E-state index in [9.17, 15) is 14.4 Å². The van der Waals surface area contributed by atoms with Crippen molar-refractivity contribution in [3.8, 4) is 0 Å². The molecule has 0 aliphatic heterocycles. The molecule has 2 rings (SSSR count). The van der Waals surface area contributed by atoms with Gasteiger partial charge in [-0.1, -0.05) is 29.8 Å². The van der Waals surface area contributed by atoms with Gasteiger partial charge in [-0.05, 0) is 35.9 Å². The first kappa shape index (κ1) is 17.5. The van der Waals surface area contributed by atoms with Gasteiger partial charge in [0.15, 0.2) is 0 Å². The molecule has 7 heteroatoms. The van der Waals surface area contributed by atoms with Gasteiger partial charge in [-0.15, -0.1) is 0 Å². The van der Waals surface area contributed by atoms with E-state index in [1.54, 1.807) is 24.3 Å². The minimum Gasteiger partial charge on any atom is -0.465 e. The summed E-state index contributed by atoms with van der Waals surface area (Å²) in [6.07, 6.45) is 0. The molecule has 2 N–H and O–H groups in total. The van der Waals surface area contributed by atoms with Crippen LogP contribution in [0.25, 0.3) is 0 Å². The smallest absolute Gasteiger partial charge is 0.337 e. The van der Waals surface area contributed by atoms with Crippen LogP contribution in [0.3, 0.4) is 0 Å². The van der Waals surface area contributed by atoms with Crippen LogP contribution < -0.4 is 10.6 Å². The van der Waals surface area contributed by atoms with Crippen LogP contribution in [-0.4, -0.2) is 24.9 Å². The molecule has 124 valence electrons. The predicted octanol–water partition coefficient (Wildman–Crippen LogP) is 2.38. The zero-order valence-electron chi connectivity index (χ0n) is 12.8. The maximum atomic E-state index is 11.8. The van der Waals surface area contributed by atoms with Crippen molar-refractivity contribution in [2.75, 3.05) is 12.4 Å². The van der Waals surface area contributed by atoms with E-state index in [-0.39, 0.29) is 6.54 Å². The first-order valence-electron chi connectivity index (χ1n) is 7.02. The summed E-state index contributed by atoms with van der Waals surface area (Å²) in [5, 5.41) is 5.44. The summed E-state index contributed by atoms with van der Waals surface area (Å²) >= 11 is 5.98. The van der Waals surface area contributed by atoms with Gasteiger partial charge in [0.2, 0.25) is 0 Å². The predicted molar refractivity (Wildman–Crippen MR) is 89.7 cm³/mol. The molecular weight excluding hydrogens is 332 g/mol. The summed E-state index contributed by atoms with van der Waals surface area (Å²) in [6, 6.07) is 13.0. The number of anilines is 1. The molecule has 0 radical (unpaired) electrons. The first-order chi connectivity index (χ1) is 11.5. The Bertz CT molecular complexity index is 759. The van der Waals surface area contributed by atoms with Gasteiger partial charge in [-0.3, -0.25) is 9.59 Å². The summed E-state index contributed by atoms with van der Waals surface area (Å²) in [5.41, 5.74) is 1.45. The molecule has 0 fully saturated rings. The molecule has 0 spiro atoms. The van der Waals surface area contributed by atoms with Crippen LogP contribution in [0.5, 0.6) is 0 Å². The normalized spacial score (nSPS) is 9.92. The monoisotopic (exact) mass is 346 g/mol. The average molecular weight is 347 g/mol. The van der Waals surface area contributed by atoms with Crippen molar-refractivity contribution in [1.29, 1.82) is 0 Å². The van der Waals surface area contributed by atoms with Gasteiger partial charge in [-0.25, -0.2) is 4.79 Å². The number of hydrogen-bond acceptors (Lipinski definition) is 4. The van der Waals surface area contributed by atoms with Crippen LogP contribution in [-0.2, 0) is 20.9 Å². The highest BCUT2D eigenvalue weighted by molar-refractivity contribution is 6.39. The number of esters is 1. The molecule has 0 aliphatic carbocycles. The number of methoxy groups -OCH3 is 1. The Balaban J connectivity index is 1.91. The van der Waals surface area contributed by atoms with E-state index in [0.29, 0.717) is 21.8 Å². The van der Waals surface area contributed by atoms with Crippen molar-refractivity contribution in [2.24, 2.45) is 0 Å². The van der Waals surface area contributed by atoms with Crippen molar-refractivity contribution in [2.45, 2.75) is 6.54 Å². The highest BCUT2D eigenvalue weighted by Crippen LogP contribution is 2.14. The number of benzene rings is 2. The van der Waals surface area contributed by atoms with Gasteiger partial charge in [0.25, 0.3) is 0 Å². The number of ether oxygens (including phenoxy) is 1. The molecule has 6 nitrogen and oxygen atoms in total. The average Bonchev–Trinajstić information content (AvgIpc) is 2.60. The Morgan fingerprint density at radius 1 is 1.00 bits per heavy atom. The van der Waals surface area contributed by atoms with Crippen molar-refractivity contribution < 1.29 is 19.1 Å². The van der Waals surface area contributed by atoms with E-state index >= 15 is 0 Å². The number of carbonyl (C=O) groups is 3. The molecule has 2 aromatic carbocycles. The second kappa shape index (κ2) is 8.12. The van der Waals surface area contributed by atoms with Gasteiger partial charge >= 0.3 is 17.8 Å². The van der Waals surface area contributed by atoms with E-state index in [1.165, 1.54) is 31.4 Å². The summed E-state index contributed by atoms with van der Waals surface area (Å²) in [7, 11) is 1.28. The van der Waals surface area contributed by atoms with E-state index in [0.717, 1.165) is 0 Å². The molecule has 0 saturated carbocycles. The van der Waals surface area contributed by atoms with Crippen LogP contribution >= 0.6 is 11.6 Å². The number of rotatable bonds is 4. The highest BCUT2D eigenvalue weighted by Gasteiger charge is 2.14. The van der Waals surface area contributed by atoms with Gasteiger partial charge in [0, 0.05) is 17.3 Å². The number of nitrogens with one attached hydrogen (secondary N) is 2. The minimum absolute atomic E-state index is 0.146. The quantitative estimate of drug-likeness (QED) is 0.657. The van der Waals surface area contributed by atoms with Crippen molar-refractivity contribution in [3.63, 3.8) is 0 Å². The molecule has 0 saturated heterocycles. The third-order valence-corrected chi connectivity index (χ3v) is 3.54. The zero-order chi connectivity index (χ0) is 17.5. The van der Waals surface area contributed by atoms with Crippen molar-refractivity contribution in [1.82, 2.24) is 5.32 Å². The van der Waals surface area contributed by atoms with Gasteiger partial charge in [0.05, 0.1) is 12.7 Å². The van der Waals surface area contributed by atoms with E-state index < -0.39 is 17.8 Å². The van der Waals surface area contributed by atoms with Crippen LogP contribution in [0.15, 0.2) is 48.5 Å². The van der Waals surface area contributed by atoms with E-state index in [1.807, 2.05) is 0 Å². The fraction of sp³-hybridized carbons (Fsp3) is 0.118. The zero-order valence-corrected chi connectivity index (χ0v) is 13.6. The van der Waals surface area contributed by atoms with Crippen LogP contribution in [0.4, 0.5) is 5.69 Å². The largest absolute Gasteiger partial charge is 0.465 e. The van der Waals surface area contributed by atoms with Gasteiger partial charge in [-0.2, -0.15) is 0 Å². The molecular formula is C17H15ClN2O4. The van der Waals surface area contributed by atoms with E-state index in [4.69, 9.17) is 11.6 Å². The van der Waals surface area contributed by atoms with Gasteiger partial charge < -0.3 is 15.4 Å². The Hall–Kier alpha value is -2.86. The van der Waals surface area contributed by atoms with Gasteiger partial charge in [0.1, 0.15) is 0 Å². The molecule has 0 heterocycles. The highest BCUT2D eigenvalue weighted by atomic mass is 35.5. The molecule has 0 bridgehead atoms. The topological polar surface area (TPSA) is 84.5 Å². The molecule has 0 atom stereocenters. The number of carbonyl (C=O) groups excluding carboxylic acids is 3. The molecule has 0 aliphatic rings. The third-order valence-electron chi connectivity index (χ3n) is 3.17. The standard InChI is InChI=1S/C17H15ClN2O4/c1-24-17(23)11-6-8-13(9-7-11)20-16(22)15(21)19-10-12-4-2-3-5-14(12)18/h2-9H,10H2,1H3,(H,19,21)(H,20,22). The van der Waals surface area contributed by atoms with Crippen LogP contribution in [0.2, 0.25) is 5.02 Å². The lowest BCUT2D eigenvalue weighted by atomic mass is 10.2. The Kier molecular flexibility index (Phi) is 5.92. The fourth-order valence-electron chi connectivity index (χ4n) is 1.89. The lowest BCUT2D eigenvalue weighted by molar-refractivity contribution is -0.136. The lowest BCUT2D eigenvalue weighted by Crippen LogP contribution is -2.35. The summed E-state index contributed by atoms with van der Waals surface area (Å²) in [5.74, 6) is -2.08. The number of halogens is 1. The second-order valence-corrected chi connectivity index (χ2v) is 5.20. The fourth-order valence-corrected chi connectivity index (χ4v) is 2.10. The molecule has 0 aromatic heterocycles. The van der Waals surface area contributed by atoms with E-state index in [2.05, 4.69) is 15.4 Å². The Morgan fingerprint density at radius 3 is 2.29 bits per heavy atom. The SMILES string of the molecule is COC(=O)c1ccc(NC(=O)C(=O)NCc2ccccc2Cl)cc1. The molecule has 24 heavy (non-hydrogen) atoms. The van der Waals surface area contributed by atoms with Crippen molar-refractivity contribution in [3.05, 3.63) is 64.7 Å². The molecule has 0 unspecified atom stereocenters. The summed E-state index contributed by atoms with van der Waals surface area (Å²) in [4.78, 5) is 35.0. The number of amides is 2. The summed E-state index contributed by atoms with van der Waals surface area (Å²) < 4.78 is 4.58. The number of hydrogen-bond donors (Lipinski definition) is 2. The maximum absolute atomic E-state index is 11.8. The molecule has 2 amide bonds. The maximum Gasteiger partial charge on any atom is 0.337 e. The lowest BCUT2D eigenvalue weighted by Gasteiger charge is -2.08. The Morgan fingerprint density at radius 2 is 1.67 bits per heavy atom. The van der Waals surface area contributed by atoms with Crippen LogP contribution in [0, 0.1) is 0 Å². The summed E-state index contributed by atoms with van der Waals surface area (Å²) in [6.45, 7) is 0.146. The van der Waals surface area contributed by atoms with Crippen molar-refractivity contribution >= 4 is 35.1 Å². The Labute approximate surface area is 143 Å². The van der Waals surface area contributed by atoms with Crippen LogP contribution in [0.1, 0.15) is 15.9 Å². The minimum atomic E-state index is -0.812. The third kappa shape index (κ3) is 4.57.